The number of hydrogen-bond acceptors (Lipinski definition) is 3. The Morgan fingerprint density at radius 2 is 1.20 bits per heavy atom. The van der Waals surface area contributed by atoms with Gasteiger partial charge in [-0.15, -0.1) is 11.3 Å². The summed E-state index contributed by atoms with van der Waals surface area (Å²) < 4.78 is 5.15. The highest BCUT2D eigenvalue weighted by atomic mass is 32.1. The van der Waals surface area contributed by atoms with E-state index in [0.717, 1.165) is 5.69 Å². The Labute approximate surface area is 293 Å². The summed E-state index contributed by atoms with van der Waals surface area (Å²) in [5.41, 5.74) is 8.58. The molecule has 2 unspecified atom stereocenters. The highest BCUT2D eigenvalue weighted by Crippen LogP contribution is 2.45. The second-order valence-corrected chi connectivity index (χ2v) is 14.5. The molecule has 11 rings (SSSR count). The second-order valence-electron chi connectivity index (χ2n) is 13.4. The van der Waals surface area contributed by atoms with E-state index in [9.17, 15) is 0 Å². The molecule has 2 atom stereocenters. The van der Waals surface area contributed by atoms with Gasteiger partial charge in [0.25, 0.3) is 0 Å². The molecule has 2 aromatic heterocycles. The van der Waals surface area contributed by atoms with Crippen molar-refractivity contribution in [1.82, 2.24) is 9.88 Å². The Morgan fingerprint density at radius 3 is 2.10 bits per heavy atom. The lowest BCUT2D eigenvalue weighted by Gasteiger charge is -2.36. The van der Waals surface area contributed by atoms with Gasteiger partial charge in [-0.2, -0.15) is 0 Å². The van der Waals surface area contributed by atoms with Crippen molar-refractivity contribution < 1.29 is 0 Å². The zero-order chi connectivity index (χ0) is 32.8. The minimum absolute atomic E-state index is 0.0137. The van der Waals surface area contributed by atoms with Crippen molar-refractivity contribution in [3.8, 4) is 11.1 Å². The highest BCUT2D eigenvalue weighted by molar-refractivity contribution is 7.26. The number of rotatable bonds is 3. The average molecular weight is 658 g/mol. The molecule has 236 valence electrons. The number of thiophene rings is 1. The van der Waals surface area contributed by atoms with Gasteiger partial charge in [-0.25, -0.2) is 0 Å². The fourth-order valence-electron chi connectivity index (χ4n) is 8.35. The van der Waals surface area contributed by atoms with Crippen molar-refractivity contribution in [2.24, 2.45) is 0 Å². The molecule has 10 aromatic rings. The molecule has 3 heterocycles. The first-order valence-corrected chi connectivity index (χ1v) is 18.1. The molecular weight excluding hydrogens is 627 g/mol. The predicted molar refractivity (Wildman–Crippen MR) is 213 cm³/mol. The van der Waals surface area contributed by atoms with Gasteiger partial charge in [0.15, 0.2) is 6.29 Å². The number of benzene rings is 8. The number of hydrogen-bond donors (Lipinski definition) is 2. The SMILES string of the molecule is c1ccc(-c2ccc3c(c2)c2c4ccccc4ccc2n3C2Nc3ccccc3C(c3cccc4c3sc3cc5ccccc5cc34)N2)cc1. The minimum Gasteiger partial charge on any atom is -0.352 e. The van der Waals surface area contributed by atoms with Crippen LogP contribution in [-0.2, 0) is 0 Å². The first kappa shape index (κ1) is 28.0. The van der Waals surface area contributed by atoms with Gasteiger partial charge in [0.1, 0.15) is 0 Å². The lowest BCUT2D eigenvalue weighted by Crippen LogP contribution is -2.40. The Morgan fingerprint density at radius 1 is 0.480 bits per heavy atom. The maximum absolute atomic E-state index is 4.13. The molecule has 0 bridgehead atoms. The lowest BCUT2D eigenvalue weighted by atomic mass is 9.94. The highest BCUT2D eigenvalue weighted by Gasteiger charge is 2.31. The maximum atomic E-state index is 4.13. The van der Waals surface area contributed by atoms with Crippen molar-refractivity contribution in [2.45, 2.75) is 12.3 Å². The fraction of sp³-hybridized carbons (Fsp3) is 0.0435. The van der Waals surface area contributed by atoms with Gasteiger partial charge < -0.3 is 9.88 Å². The van der Waals surface area contributed by atoms with Gasteiger partial charge in [0, 0.05) is 36.6 Å². The van der Waals surface area contributed by atoms with Crippen LogP contribution in [0.5, 0.6) is 0 Å². The van der Waals surface area contributed by atoms with Crippen LogP contribution in [0.2, 0.25) is 0 Å². The van der Waals surface area contributed by atoms with E-state index in [1.807, 2.05) is 11.3 Å². The maximum Gasteiger partial charge on any atom is 0.160 e. The quantitative estimate of drug-likeness (QED) is 0.198. The molecule has 3 nitrogen and oxygen atoms in total. The summed E-state index contributed by atoms with van der Waals surface area (Å²) >= 11 is 1.91. The smallest absolute Gasteiger partial charge is 0.160 e. The van der Waals surface area contributed by atoms with Crippen LogP contribution in [0.15, 0.2) is 164 Å². The summed E-state index contributed by atoms with van der Waals surface area (Å²) in [5, 5.41) is 18.3. The Balaban J connectivity index is 1.13. The van der Waals surface area contributed by atoms with Crippen LogP contribution in [0.25, 0.3) is 74.6 Å². The molecule has 50 heavy (non-hydrogen) atoms. The van der Waals surface area contributed by atoms with E-state index in [1.54, 1.807) is 0 Å². The third-order valence-electron chi connectivity index (χ3n) is 10.7. The molecule has 8 aromatic carbocycles. The van der Waals surface area contributed by atoms with Gasteiger partial charge >= 0.3 is 0 Å². The number of fused-ring (bicyclic) bond motifs is 10. The van der Waals surface area contributed by atoms with Gasteiger partial charge in [-0.05, 0) is 80.2 Å². The summed E-state index contributed by atoms with van der Waals surface area (Å²) in [5.74, 6) is 0. The van der Waals surface area contributed by atoms with Crippen molar-refractivity contribution in [2.75, 3.05) is 5.32 Å². The normalized spacial score (nSPS) is 16.1. The third-order valence-corrected chi connectivity index (χ3v) is 11.9. The number of para-hydroxylation sites is 1. The lowest BCUT2D eigenvalue weighted by molar-refractivity contribution is 0.418. The monoisotopic (exact) mass is 657 g/mol. The topological polar surface area (TPSA) is 29.0 Å². The molecule has 0 aliphatic carbocycles. The van der Waals surface area contributed by atoms with E-state index in [2.05, 4.69) is 179 Å². The summed E-state index contributed by atoms with van der Waals surface area (Å²) in [6.07, 6.45) is -0.189. The van der Waals surface area contributed by atoms with Gasteiger partial charge in [-0.3, -0.25) is 5.32 Å². The van der Waals surface area contributed by atoms with Gasteiger partial charge in [0.2, 0.25) is 0 Å². The molecule has 1 aliphatic heterocycles. The molecule has 0 saturated carbocycles. The average Bonchev–Trinajstić information content (AvgIpc) is 3.72. The predicted octanol–water partition coefficient (Wildman–Crippen LogP) is 12.4. The summed E-state index contributed by atoms with van der Waals surface area (Å²) in [7, 11) is 0. The Kier molecular flexibility index (Phi) is 6.03. The van der Waals surface area contributed by atoms with E-state index < -0.39 is 0 Å². The third kappa shape index (κ3) is 4.13. The Bertz CT molecular complexity index is 2950. The zero-order valence-corrected chi connectivity index (χ0v) is 27.9. The molecule has 1 aliphatic rings. The van der Waals surface area contributed by atoms with Crippen molar-refractivity contribution in [1.29, 1.82) is 0 Å². The van der Waals surface area contributed by atoms with Crippen LogP contribution >= 0.6 is 11.3 Å². The first-order valence-electron chi connectivity index (χ1n) is 17.2. The molecule has 0 radical (unpaired) electrons. The summed E-state index contributed by atoms with van der Waals surface area (Å²) in [6, 6.07) is 60.0. The first-order chi connectivity index (χ1) is 24.8. The minimum atomic E-state index is -0.189. The van der Waals surface area contributed by atoms with Crippen LogP contribution in [0, 0.1) is 0 Å². The van der Waals surface area contributed by atoms with E-state index in [4.69, 9.17) is 0 Å². The van der Waals surface area contributed by atoms with Crippen LogP contribution in [0.1, 0.15) is 23.5 Å². The number of nitrogens with one attached hydrogen (secondary N) is 2. The molecular formula is C46H31N3S. The van der Waals surface area contributed by atoms with E-state index >= 15 is 0 Å². The molecule has 2 N–H and O–H groups in total. The van der Waals surface area contributed by atoms with E-state index in [1.165, 1.54) is 85.8 Å². The molecule has 4 heteroatoms. The van der Waals surface area contributed by atoms with Crippen molar-refractivity contribution in [3.05, 3.63) is 175 Å². The van der Waals surface area contributed by atoms with E-state index in [-0.39, 0.29) is 12.3 Å². The Hall–Kier alpha value is -5.94. The van der Waals surface area contributed by atoms with Gasteiger partial charge in [0.05, 0.1) is 17.1 Å². The zero-order valence-electron chi connectivity index (χ0n) is 27.1. The van der Waals surface area contributed by atoms with Crippen LogP contribution in [0.4, 0.5) is 5.69 Å². The number of nitrogens with zero attached hydrogens (tertiary/aromatic N) is 1. The van der Waals surface area contributed by atoms with Crippen LogP contribution in [-0.4, -0.2) is 4.57 Å². The van der Waals surface area contributed by atoms with Crippen molar-refractivity contribution >= 4 is 80.5 Å². The van der Waals surface area contributed by atoms with Crippen molar-refractivity contribution in [3.63, 3.8) is 0 Å². The number of aromatic nitrogens is 1. The number of anilines is 1. The summed E-state index contributed by atoms with van der Waals surface area (Å²) in [4.78, 5) is 0. The van der Waals surface area contributed by atoms with Crippen LogP contribution in [0.3, 0.4) is 0 Å². The standard InChI is InChI=1S/C46H31N3S/c1-2-11-28(12-3-1)32-22-23-40-38(26-32)43-33-16-7-6-13-29(33)21-24-41(43)49(40)46-47-39-20-9-8-17-35(39)44(48-46)36-19-10-18-34-37-25-30-14-4-5-15-31(30)27-42(37)50-45(34)36/h1-27,44,46-48H. The van der Waals surface area contributed by atoms with Crippen LogP contribution < -0.4 is 10.6 Å². The largest absolute Gasteiger partial charge is 0.352 e. The second kappa shape index (κ2) is 10.8. The molecule has 0 saturated heterocycles. The summed E-state index contributed by atoms with van der Waals surface area (Å²) in [6.45, 7) is 0. The fourth-order valence-corrected chi connectivity index (χ4v) is 9.63. The molecule has 0 amide bonds. The van der Waals surface area contributed by atoms with E-state index in [0.29, 0.717) is 0 Å². The molecule has 0 fully saturated rings. The van der Waals surface area contributed by atoms with Gasteiger partial charge in [-0.1, -0.05) is 127 Å². The molecule has 0 spiro atoms.